The van der Waals surface area contributed by atoms with E-state index in [1.165, 1.54) is 12.1 Å². The maximum atomic E-state index is 12.6. The fourth-order valence-electron chi connectivity index (χ4n) is 1.87. The second-order valence-corrected chi connectivity index (χ2v) is 8.06. The monoisotopic (exact) mass is 338 g/mol. The Kier molecular flexibility index (Phi) is 5.33. The molecule has 0 spiro atoms. The second kappa shape index (κ2) is 7.04. The van der Waals surface area contributed by atoms with Gasteiger partial charge in [0.1, 0.15) is 4.21 Å². The van der Waals surface area contributed by atoms with Crippen LogP contribution in [0.5, 0.6) is 0 Å². The first-order valence-electron chi connectivity index (χ1n) is 6.91. The van der Waals surface area contributed by atoms with E-state index < -0.39 is 9.84 Å². The smallest absolute Gasteiger partial charge is 0.251 e. The van der Waals surface area contributed by atoms with Gasteiger partial charge < -0.3 is 11.1 Å². The van der Waals surface area contributed by atoms with Gasteiger partial charge in [-0.2, -0.15) is 0 Å². The third kappa shape index (κ3) is 3.55. The predicted octanol–water partition coefficient (Wildman–Crippen LogP) is 2.18. The topological polar surface area (TPSA) is 89.3 Å². The van der Waals surface area contributed by atoms with E-state index >= 15 is 0 Å². The molecule has 0 fully saturated rings. The van der Waals surface area contributed by atoms with Crippen LogP contribution < -0.4 is 11.1 Å². The van der Waals surface area contributed by atoms with Crippen molar-refractivity contribution in [1.29, 1.82) is 0 Å². The van der Waals surface area contributed by atoms with E-state index in [0.29, 0.717) is 18.7 Å². The highest BCUT2D eigenvalue weighted by Gasteiger charge is 2.21. The number of hydrogen-bond donors (Lipinski definition) is 2. The van der Waals surface area contributed by atoms with Gasteiger partial charge in [0, 0.05) is 23.5 Å². The fourth-order valence-corrected chi connectivity index (χ4v) is 4.56. The number of sulfone groups is 1. The van der Waals surface area contributed by atoms with E-state index in [9.17, 15) is 13.2 Å². The molecule has 0 saturated carbocycles. The number of amides is 1. The largest absolute Gasteiger partial charge is 0.352 e. The molecule has 1 aromatic carbocycles. The van der Waals surface area contributed by atoms with Crippen LogP contribution in [0.15, 0.2) is 45.5 Å². The molecule has 7 heteroatoms. The summed E-state index contributed by atoms with van der Waals surface area (Å²) in [5, 5.41) is 2.73. The number of thiophene rings is 1. The first kappa shape index (κ1) is 16.7. The minimum absolute atomic E-state index is 0.113. The number of rotatable bonds is 6. The summed E-state index contributed by atoms with van der Waals surface area (Å²) < 4.78 is 25.4. The number of carbonyl (C=O) groups is 1. The Bertz CT molecular complexity index is 767. The van der Waals surface area contributed by atoms with Crippen molar-refractivity contribution in [3.05, 3.63) is 46.8 Å². The standard InChI is InChI=1S/C15H18N2O3S2/c1-2-8-17-15(18)11-4-3-5-13(9-11)22(19,20)14-7-6-12(10-16)21-14/h3-7,9H,2,8,10,16H2,1H3,(H,17,18). The van der Waals surface area contributed by atoms with Gasteiger partial charge in [-0.25, -0.2) is 8.42 Å². The normalized spacial score (nSPS) is 11.4. The zero-order valence-corrected chi connectivity index (χ0v) is 13.8. The first-order chi connectivity index (χ1) is 10.5. The van der Waals surface area contributed by atoms with Crippen LogP contribution in [-0.4, -0.2) is 20.9 Å². The van der Waals surface area contributed by atoms with Crippen LogP contribution in [0.2, 0.25) is 0 Å². The maximum Gasteiger partial charge on any atom is 0.251 e. The van der Waals surface area contributed by atoms with Crippen LogP contribution in [0, 0.1) is 0 Å². The average Bonchev–Trinajstić information content (AvgIpc) is 3.02. The molecule has 118 valence electrons. The van der Waals surface area contributed by atoms with Gasteiger partial charge in [0.25, 0.3) is 5.91 Å². The Hall–Kier alpha value is -1.70. The summed E-state index contributed by atoms with van der Waals surface area (Å²) in [7, 11) is -3.62. The Morgan fingerprint density at radius 3 is 2.68 bits per heavy atom. The third-order valence-electron chi connectivity index (χ3n) is 3.05. The molecule has 0 atom stereocenters. The van der Waals surface area contributed by atoms with Crippen LogP contribution in [0.1, 0.15) is 28.6 Å². The van der Waals surface area contributed by atoms with Gasteiger partial charge in [0.05, 0.1) is 4.90 Å². The summed E-state index contributed by atoms with van der Waals surface area (Å²) in [6.45, 7) is 2.81. The van der Waals surface area contributed by atoms with E-state index in [0.717, 1.165) is 22.6 Å². The number of hydrogen-bond acceptors (Lipinski definition) is 5. The highest BCUT2D eigenvalue weighted by atomic mass is 32.2. The summed E-state index contributed by atoms with van der Waals surface area (Å²) >= 11 is 1.15. The van der Waals surface area contributed by atoms with Gasteiger partial charge in [-0.1, -0.05) is 13.0 Å². The number of benzene rings is 1. The summed E-state index contributed by atoms with van der Waals surface area (Å²) in [6.07, 6.45) is 0.820. The van der Waals surface area contributed by atoms with E-state index in [-0.39, 0.29) is 15.0 Å². The Morgan fingerprint density at radius 2 is 2.05 bits per heavy atom. The molecule has 1 heterocycles. The average molecular weight is 338 g/mol. The minimum atomic E-state index is -3.62. The lowest BCUT2D eigenvalue weighted by Gasteiger charge is -2.06. The summed E-state index contributed by atoms with van der Waals surface area (Å²) in [5.74, 6) is -0.271. The Morgan fingerprint density at radius 1 is 1.27 bits per heavy atom. The van der Waals surface area contributed by atoms with Crippen molar-refractivity contribution in [3.63, 3.8) is 0 Å². The summed E-state index contributed by atoms with van der Waals surface area (Å²) in [4.78, 5) is 12.9. The van der Waals surface area contributed by atoms with Gasteiger partial charge >= 0.3 is 0 Å². The first-order valence-corrected chi connectivity index (χ1v) is 9.21. The highest BCUT2D eigenvalue weighted by molar-refractivity contribution is 7.93. The van der Waals surface area contributed by atoms with Gasteiger partial charge in [-0.3, -0.25) is 4.79 Å². The molecule has 2 aromatic rings. The van der Waals surface area contributed by atoms with Crippen molar-refractivity contribution in [2.45, 2.75) is 29.0 Å². The molecule has 5 nitrogen and oxygen atoms in total. The molecule has 0 radical (unpaired) electrons. The summed E-state index contributed by atoms with van der Waals surface area (Å²) in [5.41, 5.74) is 5.86. The number of nitrogens with two attached hydrogens (primary N) is 1. The molecule has 0 aliphatic heterocycles. The molecule has 1 amide bonds. The minimum Gasteiger partial charge on any atom is -0.352 e. The van der Waals surface area contributed by atoms with E-state index in [1.807, 2.05) is 6.92 Å². The molecular formula is C15H18N2O3S2. The maximum absolute atomic E-state index is 12.6. The molecule has 3 N–H and O–H groups in total. The zero-order valence-electron chi connectivity index (χ0n) is 12.2. The van der Waals surface area contributed by atoms with E-state index in [2.05, 4.69) is 5.32 Å². The molecule has 2 rings (SSSR count). The molecule has 0 aliphatic carbocycles. The van der Waals surface area contributed by atoms with Crippen molar-refractivity contribution < 1.29 is 13.2 Å². The molecule has 0 saturated heterocycles. The molecule has 0 aliphatic rings. The SMILES string of the molecule is CCCNC(=O)c1cccc(S(=O)(=O)c2ccc(CN)s2)c1. The van der Waals surface area contributed by atoms with Crippen molar-refractivity contribution in [1.82, 2.24) is 5.32 Å². The Balaban J connectivity index is 2.33. The van der Waals surface area contributed by atoms with Crippen molar-refractivity contribution >= 4 is 27.1 Å². The van der Waals surface area contributed by atoms with Gasteiger partial charge in [0.15, 0.2) is 0 Å². The lowest BCUT2D eigenvalue weighted by molar-refractivity contribution is 0.0953. The predicted molar refractivity (Wildman–Crippen MR) is 86.7 cm³/mol. The molecule has 1 aromatic heterocycles. The van der Waals surface area contributed by atoms with Crippen LogP contribution in [0.3, 0.4) is 0 Å². The summed E-state index contributed by atoms with van der Waals surface area (Å²) in [6, 6.07) is 9.33. The van der Waals surface area contributed by atoms with Crippen molar-refractivity contribution in [3.8, 4) is 0 Å². The lowest BCUT2D eigenvalue weighted by atomic mass is 10.2. The Labute approximate surface area is 134 Å². The highest BCUT2D eigenvalue weighted by Crippen LogP contribution is 2.28. The van der Waals surface area contributed by atoms with E-state index in [4.69, 9.17) is 5.73 Å². The van der Waals surface area contributed by atoms with Crippen LogP contribution in [0.4, 0.5) is 0 Å². The van der Waals surface area contributed by atoms with Crippen LogP contribution in [-0.2, 0) is 16.4 Å². The zero-order chi connectivity index (χ0) is 16.2. The van der Waals surface area contributed by atoms with E-state index in [1.54, 1.807) is 24.3 Å². The number of carbonyl (C=O) groups excluding carboxylic acids is 1. The van der Waals surface area contributed by atoms with Crippen LogP contribution >= 0.6 is 11.3 Å². The fraction of sp³-hybridized carbons (Fsp3) is 0.267. The van der Waals surface area contributed by atoms with Crippen LogP contribution in [0.25, 0.3) is 0 Å². The quantitative estimate of drug-likeness (QED) is 0.845. The molecular weight excluding hydrogens is 320 g/mol. The number of nitrogens with one attached hydrogen (secondary N) is 1. The van der Waals surface area contributed by atoms with Gasteiger partial charge in [0.2, 0.25) is 9.84 Å². The van der Waals surface area contributed by atoms with Gasteiger partial charge in [-0.05, 0) is 36.8 Å². The van der Waals surface area contributed by atoms with Crippen molar-refractivity contribution in [2.24, 2.45) is 5.73 Å². The second-order valence-electron chi connectivity index (χ2n) is 4.71. The molecule has 0 bridgehead atoms. The molecule has 0 unspecified atom stereocenters. The van der Waals surface area contributed by atoms with Gasteiger partial charge in [-0.15, -0.1) is 11.3 Å². The lowest BCUT2D eigenvalue weighted by Crippen LogP contribution is -2.24. The molecule has 22 heavy (non-hydrogen) atoms. The third-order valence-corrected chi connectivity index (χ3v) is 6.40. The van der Waals surface area contributed by atoms with Crippen molar-refractivity contribution in [2.75, 3.05) is 6.54 Å².